The number of urea groups is 1. The molecule has 0 aliphatic carbocycles. The molecular weight excluding hydrogens is 442 g/mol. The Hall–Kier alpha value is -3.55. The number of nitrogens with zero attached hydrogens (tertiary/aromatic N) is 3. The summed E-state index contributed by atoms with van der Waals surface area (Å²) in [6, 6.07) is 16.5. The second kappa shape index (κ2) is 11.3. The Morgan fingerprint density at radius 3 is 2.06 bits per heavy atom. The van der Waals surface area contributed by atoms with Crippen LogP contribution in [0.1, 0.15) is 45.0 Å². The van der Waals surface area contributed by atoms with Crippen molar-refractivity contribution in [1.82, 2.24) is 15.1 Å². The fourth-order valence-corrected chi connectivity index (χ4v) is 3.91. The van der Waals surface area contributed by atoms with Gasteiger partial charge in [-0.25, -0.2) is 4.79 Å². The molecule has 0 unspecified atom stereocenters. The number of carbonyl (C=O) groups excluding carboxylic acids is 3. The average Bonchev–Trinajstić information content (AvgIpc) is 2.82. The first-order valence-electron chi connectivity index (χ1n) is 12.1. The van der Waals surface area contributed by atoms with Gasteiger partial charge in [0.2, 0.25) is 5.91 Å². The lowest BCUT2D eigenvalue weighted by Crippen LogP contribution is -2.55. The number of piperazine rings is 1. The zero-order valence-corrected chi connectivity index (χ0v) is 21.4. The Morgan fingerprint density at radius 1 is 0.914 bits per heavy atom. The zero-order valence-electron chi connectivity index (χ0n) is 21.4. The topological polar surface area (TPSA) is 85.0 Å². The monoisotopic (exact) mass is 479 g/mol. The summed E-state index contributed by atoms with van der Waals surface area (Å²) < 4.78 is 0. The maximum Gasteiger partial charge on any atom is 0.317 e. The van der Waals surface area contributed by atoms with E-state index in [1.807, 2.05) is 82.0 Å². The van der Waals surface area contributed by atoms with E-state index in [0.29, 0.717) is 24.3 Å². The van der Waals surface area contributed by atoms with Crippen molar-refractivity contribution >= 4 is 29.2 Å². The number of hydrogen-bond donors (Lipinski definition) is 2. The van der Waals surface area contributed by atoms with E-state index in [1.54, 1.807) is 17.0 Å². The van der Waals surface area contributed by atoms with E-state index < -0.39 is 0 Å². The van der Waals surface area contributed by atoms with Gasteiger partial charge in [-0.15, -0.1) is 0 Å². The second-order valence-electron chi connectivity index (χ2n) is 10.1. The molecule has 1 aliphatic heterocycles. The lowest BCUT2D eigenvalue weighted by atomic mass is 10.1. The summed E-state index contributed by atoms with van der Waals surface area (Å²) in [6.07, 6.45) is 0. The van der Waals surface area contributed by atoms with Gasteiger partial charge in [0.05, 0.1) is 0 Å². The molecule has 0 aromatic heterocycles. The summed E-state index contributed by atoms with van der Waals surface area (Å²) in [4.78, 5) is 43.5. The van der Waals surface area contributed by atoms with Crippen LogP contribution in [0.15, 0.2) is 54.6 Å². The van der Waals surface area contributed by atoms with Gasteiger partial charge in [-0.2, -0.15) is 0 Å². The van der Waals surface area contributed by atoms with Crippen LogP contribution >= 0.6 is 0 Å². The van der Waals surface area contributed by atoms with Crippen LogP contribution in [0, 0.1) is 0 Å². The molecule has 4 amide bonds. The van der Waals surface area contributed by atoms with Crippen LogP contribution in [-0.2, 0) is 4.79 Å². The number of carbonyl (C=O) groups is 3. The lowest BCUT2D eigenvalue weighted by Gasteiger charge is -2.37. The molecule has 35 heavy (non-hydrogen) atoms. The van der Waals surface area contributed by atoms with Crippen LogP contribution in [0.4, 0.5) is 16.2 Å². The molecule has 3 rings (SSSR count). The zero-order chi connectivity index (χ0) is 25.6. The smallest absolute Gasteiger partial charge is 0.317 e. The highest BCUT2D eigenvalue weighted by atomic mass is 16.2. The molecule has 2 aromatic rings. The van der Waals surface area contributed by atoms with Crippen molar-refractivity contribution in [1.29, 1.82) is 0 Å². The maximum absolute atomic E-state index is 12.8. The largest absolute Gasteiger partial charge is 0.368 e. The molecule has 0 radical (unpaired) electrons. The highest BCUT2D eigenvalue weighted by Crippen LogP contribution is 2.20. The SMILES string of the molecule is CC(C)N(CC(=O)Nc1ccc(N2CCN(C(=O)NC(C)(C)C)CC2)cc1)C(=O)c1ccccc1. The van der Waals surface area contributed by atoms with Crippen LogP contribution in [-0.4, -0.2) is 71.9 Å². The molecule has 1 fully saturated rings. The first-order valence-corrected chi connectivity index (χ1v) is 12.1. The Labute approximate surface area is 208 Å². The van der Waals surface area contributed by atoms with Gasteiger partial charge < -0.3 is 25.3 Å². The molecular formula is C27H37N5O3. The quantitative estimate of drug-likeness (QED) is 0.660. The number of benzene rings is 2. The van der Waals surface area contributed by atoms with Gasteiger partial charge in [0, 0.05) is 54.7 Å². The summed E-state index contributed by atoms with van der Waals surface area (Å²) in [5.74, 6) is -0.407. The molecule has 2 aromatic carbocycles. The molecule has 8 heteroatoms. The van der Waals surface area contributed by atoms with Gasteiger partial charge in [0.1, 0.15) is 6.54 Å². The third-order valence-electron chi connectivity index (χ3n) is 5.78. The predicted octanol–water partition coefficient (Wildman–Crippen LogP) is 3.81. The summed E-state index contributed by atoms with van der Waals surface area (Å²) in [6.45, 7) is 12.5. The Morgan fingerprint density at radius 2 is 1.51 bits per heavy atom. The third-order valence-corrected chi connectivity index (χ3v) is 5.78. The van der Waals surface area contributed by atoms with Crippen molar-refractivity contribution in [3.05, 3.63) is 60.2 Å². The van der Waals surface area contributed by atoms with E-state index in [-0.39, 0.29) is 36.0 Å². The predicted molar refractivity (Wildman–Crippen MR) is 140 cm³/mol. The van der Waals surface area contributed by atoms with Gasteiger partial charge >= 0.3 is 6.03 Å². The van der Waals surface area contributed by atoms with Crippen molar-refractivity contribution < 1.29 is 14.4 Å². The molecule has 2 N–H and O–H groups in total. The van der Waals surface area contributed by atoms with Crippen molar-refractivity contribution in [3.8, 4) is 0 Å². The molecule has 0 spiro atoms. The van der Waals surface area contributed by atoms with Gasteiger partial charge in [-0.3, -0.25) is 9.59 Å². The molecule has 0 bridgehead atoms. The summed E-state index contributed by atoms with van der Waals surface area (Å²) in [5, 5.41) is 5.90. The van der Waals surface area contributed by atoms with Crippen LogP contribution in [0.25, 0.3) is 0 Å². The third kappa shape index (κ3) is 7.47. The highest BCUT2D eigenvalue weighted by molar-refractivity contribution is 5.99. The van der Waals surface area contributed by atoms with E-state index in [2.05, 4.69) is 15.5 Å². The van der Waals surface area contributed by atoms with Gasteiger partial charge in [-0.1, -0.05) is 18.2 Å². The Balaban J connectivity index is 1.53. The Bertz CT molecular complexity index is 1010. The molecule has 0 saturated carbocycles. The molecule has 8 nitrogen and oxygen atoms in total. The highest BCUT2D eigenvalue weighted by Gasteiger charge is 2.24. The minimum atomic E-state index is -0.254. The standard InChI is InChI=1S/C27H37N5O3/c1-20(2)32(25(34)21-9-7-6-8-10-21)19-24(33)28-22-11-13-23(14-12-22)30-15-17-31(18-16-30)26(35)29-27(3,4)5/h6-14,20H,15-19H2,1-5H3,(H,28,33)(H,29,35). The summed E-state index contributed by atoms with van der Waals surface area (Å²) >= 11 is 0. The molecule has 0 atom stereocenters. The minimum Gasteiger partial charge on any atom is -0.368 e. The van der Waals surface area contributed by atoms with E-state index in [1.165, 1.54) is 0 Å². The first-order chi connectivity index (χ1) is 16.5. The van der Waals surface area contributed by atoms with Crippen molar-refractivity contribution in [3.63, 3.8) is 0 Å². The molecule has 1 aliphatic rings. The maximum atomic E-state index is 12.8. The van der Waals surface area contributed by atoms with Crippen molar-refractivity contribution in [2.45, 2.75) is 46.2 Å². The fraction of sp³-hybridized carbons (Fsp3) is 0.444. The average molecular weight is 480 g/mol. The molecule has 188 valence electrons. The number of anilines is 2. The summed E-state index contributed by atoms with van der Waals surface area (Å²) in [5.41, 5.74) is 2.03. The van der Waals surface area contributed by atoms with Crippen molar-refractivity contribution in [2.24, 2.45) is 0 Å². The lowest BCUT2D eigenvalue weighted by molar-refractivity contribution is -0.117. The second-order valence-corrected chi connectivity index (χ2v) is 10.1. The van der Waals surface area contributed by atoms with Gasteiger partial charge in [0.25, 0.3) is 5.91 Å². The number of rotatable bonds is 6. The van der Waals surface area contributed by atoms with Crippen LogP contribution in [0.2, 0.25) is 0 Å². The van der Waals surface area contributed by atoms with E-state index >= 15 is 0 Å². The fourth-order valence-electron chi connectivity index (χ4n) is 3.91. The number of nitrogens with one attached hydrogen (secondary N) is 2. The molecule has 1 saturated heterocycles. The van der Waals surface area contributed by atoms with Crippen LogP contribution < -0.4 is 15.5 Å². The van der Waals surface area contributed by atoms with Crippen molar-refractivity contribution in [2.75, 3.05) is 42.9 Å². The van der Waals surface area contributed by atoms with Crippen LogP contribution in [0.5, 0.6) is 0 Å². The molecule has 1 heterocycles. The van der Waals surface area contributed by atoms with Crippen LogP contribution in [0.3, 0.4) is 0 Å². The van der Waals surface area contributed by atoms with E-state index in [9.17, 15) is 14.4 Å². The van der Waals surface area contributed by atoms with E-state index in [0.717, 1.165) is 18.8 Å². The first kappa shape index (κ1) is 26.1. The van der Waals surface area contributed by atoms with Gasteiger partial charge in [0.15, 0.2) is 0 Å². The normalized spacial score (nSPS) is 14.0. The number of hydrogen-bond acceptors (Lipinski definition) is 4. The number of amides is 4. The Kier molecular flexibility index (Phi) is 8.38. The van der Waals surface area contributed by atoms with E-state index in [4.69, 9.17) is 0 Å². The van der Waals surface area contributed by atoms with Gasteiger partial charge in [-0.05, 0) is 71.0 Å². The summed E-state index contributed by atoms with van der Waals surface area (Å²) in [7, 11) is 0. The minimum absolute atomic E-state index is 0.0221.